The Bertz CT molecular complexity index is 806. The molecule has 2 aromatic rings. The van der Waals surface area contributed by atoms with Gasteiger partial charge in [0.1, 0.15) is 17.1 Å². The zero-order valence-electron chi connectivity index (χ0n) is 15.0. The van der Waals surface area contributed by atoms with Crippen LogP contribution < -0.4 is 4.74 Å². The minimum atomic E-state index is -0.926. The Balaban J connectivity index is 1.98. The first-order valence-electron chi connectivity index (χ1n) is 8.69. The van der Waals surface area contributed by atoms with Crippen LogP contribution in [-0.2, 0) is 9.53 Å². The highest BCUT2D eigenvalue weighted by Crippen LogP contribution is 2.31. The van der Waals surface area contributed by atoms with Crippen molar-refractivity contribution in [2.45, 2.75) is 32.2 Å². The summed E-state index contributed by atoms with van der Waals surface area (Å²) >= 11 is 0. The summed E-state index contributed by atoms with van der Waals surface area (Å²) in [5.74, 6) is 0.0223. The van der Waals surface area contributed by atoms with E-state index in [1.54, 1.807) is 37.1 Å². The van der Waals surface area contributed by atoms with Gasteiger partial charge in [0.05, 0.1) is 19.1 Å². The molecule has 3 rings (SSSR count). The van der Waals surface area contributed by atoms with Gasteiger partial charge in [0, 0.05) is 31.2 Å². The van der Waals surface area contributed by atoms with Crippen LogP contribution in [0.2, 0.25) is 0 Å². The van der Waals surface area contributed by atoms with Crippen molar-refractivity contribution in [1.82, 2.24) is 4.90 Å². The van der Waals surface area contributed by atoms with Crippen LogP contribution >= 0.6 is 0 Å². The van der Waals surface area contributed by atoms with Gasteiger partial charge < -0.3 is 23.9 Å². The molecule has 0 radical (unpaired) electrons. The SMILES string of the molecule is COc1ccc2oc(C)c(C(=O)N(CCC(=O)O)C3CCOCC3)c2c1. The molecule has 0 atom stereocenters. The summed E-state index contributed by atoms with van der Waals surface area (Å²) < 4.78 is 16.4. The number of rotatable bonds is 6. The molecule has 1 aromatic heterocycles. The lowest BCUT2D eigenvalue weighted by Gasteiger charge is -2.34. The molecule has 140 valence electrons. The number of fused-ring (bicyclic) bond motifs is 1. The molecule has 1 aromatic carbocycles. The summed E-state index contributed by atoms with van der Waals surface area (Å²) in [4.78, 5) is 26.1. The minimum absolute atomic E-state index is 0.0365. The molecule has 1 aliphatic heterocycles. The lowest BCUT2D eigenvalue weighted by molar-refractivity contribution is -0.137. The van der Waals surface area contributed by atoms with Crippen LogP contribution in [0.3, 0.4) is 0 Å². The van der Waals surface area contributed by atoms with Crippen LogP contribution in [0.4, 0.5) is 0 Å². The first kappa shape index (κ1) is 18.3. The molecule has 1 aliphatic rings. The molecule has 0 unspecified atom stereocenters. The monoisotopic (exact) mass is 361 g/mol. The molecule has 0 aliphatic carbocycles. The summed E-state index contributed by atoms with van der Waals surface area (Å²) in [5, 5.41) is 9.75. The third-order valence-corrected chi connectivity index (χ3v) is 4.74. The van der Waals surface area contributed by atoms with Crippen molar-refractivity contribution in [3.8, 4) is 5.75 Å². The maximum atomic E-state index is 13.3. The molecular formula is C19H23NO6. The summed E-state index contributed by atoms with van der Waals surface area (Å²) in [6, 6.07) is 5.29. The minimum Gasteiger partial charge on any atom is -0.497 e. The van der Waals surface area contributed by atoms with Crippen molar-refractivity contribution in [3.63, 3.8) is 0 Å². The fourth-order valence-corrected chi connectivity index (χ4v) is 3.40. The van der Waals surface area contributed by atoms with E-state index in [9.17, 15) is 9.59 Å². The maximum Gasteiger partial charge on any atom is 0.305 e. The molecular weight excluding hydrogens is 338 g/mol. The lowest BCUT2D eigenvalue weighted by Crippen LogP contribution is -2.44. The molecule has 0 spiro atoms. The van der Waals surface area contributed by atoms with E-state index in [0.717, 1.165) is 0 Å². The standard InChI is InChI=1S/C19H23NO6/c1-12-18(15-11-14(24-2)3-4-16(15)26-12)19(23)20(8-5-17(21)22)13-6-9-25-10-7-13/h3-4,11,13H,5-10H2,1-2H3,(H,21,22). The second-order valence-corrected chi connectivity index (χ2v) is 6.38. The first-order chi connectivity index (χ1) is 12.5. The zero-order chi connectivity index (χ0) is 18.7. The van der Waals surface area contributed by atoms with E-state index in [1.165, 1.54) is 0 Å². The number of amides is 1. The predicted molar refractivity (Wildman–Crippen MR) is 94.6 cm³/mol. The van der Waals surface area contributed by atoms with Crippen molar-refractivity contribution in [2.75, 3.05) is 26.9 Å². The van der Waals surface area contributed by atoms with Gasteiger partial charge in [-0.1, -0.05) is 0 Å². The number of benzene rings is 1. The molecule has 7 heteroatoms. The Kier molecular flexibility index (Phi) is 5.46. The number of carbonyl (C=O) groups is 2. The Labute approximate surface area is 151 Å². The number of hydrogen-bond acceptors (Lipinski definition) is 5. The molecule has 1 saturated heterocycles. The number of aliphatic carboxylic acids is 1. The molecule has 0 saturated carbocycles. The number of carbonyl (C=O) groups excluding carboxylic acids is 1. The van der Waals surface area contributed by atoms with Crippen LogP contribution in [0.25, 0.3) is 11.0 Å². The quantitative estimate of drug-likeness (QED) is 0.851. The number of carboxylic acid groups (broad SMARTS) is 1. The topological polar surface area (TPSA) is 89.2 Å². The van der Waals surface area contributed by atoms with Gasteiger partial charge in [-0.3, -0.25) is 9.59 Å². The van der Waals surface area contributed by atoms with E-state index in [1.807, 2.05) is 0 Å². The van der Waals surface area contributed by atoms with Gasteiger partial charge in [0.15, 0.2) is 0 Å². The van der Waals surface area contributed by atoms with Gasteiger partial charge in [0.25, 0.3) is 5.91 Å². The van der Waals surface area contributed by atoms with Crippen LogP contribution in [0, 0.1) is 6.92 Å². The summed E-state index contributed by atoms with van der Waals surface area (Å²) in [5.41, 5.74) is 1.08. The number of aryl methyl sites for hydroxylation is 1. The normalized spacial score (nSPS) is 15.2. The lowest BCUT2D eigenvalue weighted by atomic mass is 10.0. The van der Waals surface area contributed by atoms with E-state index < -0.39 is 5.97 Å². The highest BCUT2D eigenvalue weighted by Gasteiger charge is 2.30. The third kappa shape index (κ3) is 3.67. The molecule has 1 fully saturated rings. The average Bonchev–Trinajstić information content (AvgIpc) is 2.97. The van der Waals surface area contributed by atoms with Gasteiger partial charge in [-0.25, -0.2) is 0 Å². The third-order valence-electron chi connectivity index (χ3n) is 4.74. The van der Waals surface area contributed by atoms with Gasteiger partial charge >= 0.3 is 5.97 Å². The fraction of sp³-hybridized carbons (Fsp3) is 0.474. The Morgan fingerprint density at radius 1 is 1.31 bits per heavy atom. The molecule has 7 nitrogen and oxygen atoms in total. The van der Waals surface area contributed by atoms with Crippen molar-refractivity contribution in [3.05, 3.63) is 29.5 Å². The van der Waals surface area contributed by atoms with Crippen LogP contribution in [-0.4, -0.2) is 54.8 Å². The van der Waals surface area contributed by atoms with Gasteiger partial charge in [-0.15, -0.1) is 0 Å². The molecule has 1 amide bonds. The number of furan rings is 1. The Morgan fingerprint density at radius 2 is 2.04 bits per heavy atom. The van der Waals surface area contributed by atoms with Crippen molar-refractivity contribution in [1.29, 1.82) is 0 Å². The molecule has 0 bridgehead atoms. The van der Waals surface area contributed by atoms with Crippen molar-refractivity contribution >= 4 is 22.8 Å². The van der Waals surface area contributed by atoms with Crippen LogP contribution in [0.15, 0.2) is 22.6 Å². The number of nitrogens with zero attached hydrogens (tertiary/aromatic N) is 1. The summed E-state index contributed by atoms with van der Waals surface area (Å²) in [6.07, 6.45) is 1.30. The number of carboxylic acids is 1. The van der Waals surface area contributed by atoms with E-state index in [4.69, 9.17) is 19.0 Å². The smallest absolute Gasteiger partial charge is 0.305 e. The highest BCUT2D eigenvalue weighted by atomic mass is 16.5. The molecule has 2 heterocycles. The highest BCUT2D eigenvalue weighted by molar-refractivity contribution is 6.07. The van der Waals surface area contributed by atoms with E-state index >= 15 is 0 Å². The van der Waals surface area contributed by atoms with Crippen LogP contribution in [0.1, 0.15) is 35.4 Å². The van der Waals surface area contributed by atoms with Gasteiger partial charge in [-0.05, 0) is 38.0 Å². The Morgan fingerprint density at radius 3 is 2.69 bits per heavy atom. The Hall–Kier alpha value is -2.54. The van der Waals surface area contributed by atoms with E-state index in [-0.39, 0.29) is 24.9 Å². The zero-order valence-corrected chi connectivity index (χ0v) is 15.0. The summed E-state index contributed by atoms with van der Waals surface area (Å²) in [7, 11) is 1.57. The molecule has 26 heavy (non-hydrogen) atoms. The summed E-state index contributed by atoms with van der Waals surface area (Å²) in [6.45, 7) is 3.05. The van der Waals surface area contributed by atoms with Gasteiger partial charge in [-0.2, -0.15) is 0 Å². The first-order valence-corrected chi connectivity index (χ1v) is 8.69. The number of methoxy groups -OCH3 is 1. The second-order valence-electron chi connectivity index (χ2n) is 6.38. The largest absolute Gasteiger partial charge is 0.497 e. The average molecular weight is 361 g/mol. The van der Waals surface area contributed by atoms with Gasteiger partial charge in [0.2, 0.25) is 0 Å². The predicted octanol–water partition coefficient (Wildman–Crippen LogP) is 2.85. The van der Waals surface area contributed by atoms with Crippen molar-refractivity contribution in [2.24, 2.45) is 0 Å². The van der Waals surface area contributed by atoms with E-state index in [0.29, 0.717) is 54.1 Å². The maximum absolute atomic E-state index is 13.3. The second kappa shape index (κ2) is 7.78. The number of ether oxygens (including phenoxy) is 2. The van der Waals surface area contributed by atoms with Crippen LogP contribution in [0.5, 0.6) is 5.75 Å². The molecule has 1 N–H and O–H groups in total. The van der Waals surface area contributed by atoms with E-state index in [2.05, 4.69) is 0 Å². The van der Waals surface area contributed by atoms with Crippen molar-refractivity contribution < 1.29 is 28.6 Å². The number of hydrogen-bond donors (Lipinski definition) is 1. The fourth-order valence-electron chi connectivity index (χ4n) is 3.40.